The summed E-state index contributed by atoms with van der Waals surface area (Å²) in [5, 5.41) is 5.42. The predicted molar refractivity (Wildman–Crippen MR) is 113 cm³/mol. The van der Waals surface area contributed by atoms with Crippen molar-refractivity contribution in [3.63, 3.8) is 0 Å². The molecule has 28 heavy (non-hydrogen) atoms. The van der Waals surface area contributed by atoms with Crippen molar-refractivity contribution in [3.05, 3.63) is 77.9 Å². The Balaban J connectivity index is 1.30. The zero-order valence-corrected chi connectivity index (χ0v) is 15.9. The van der Waals surface area contributed by atoms with Gasteiger partial charge in [-0.1, -0.05) is 42.5 Å². The Morgan fingerprint density at radius 1 is 1.00 bits per heavy atom. The number of fused-ring (bicyclic) bond motifs is 4. The number of rotatable bonds is 3. The highest BCUT2D eigenvalue weighted by Crippen LogP contribution is 2.39. The second-order valence-electron chi connectivity index (χ2n) is 7.05. The summed E-state index contributed by atoms with van der Waals surface area (Å²) in [6.45, 7) is 0. The third-order valence-electron chi connectivity index (χ3n) is 5.16. The molecule has 0 aromatic heterocycles. The predicted octanol–water partition coefficient (Wildman–Crippen LogP) is 4.70. The number of hydrogen-bond donors (Lipinski definition) is 2. The summed E-state index contributed by atoms with van der Waals surface area (Å²) in [7, 11) is 0. The Kier molecular flexibility index (Phi) is 4.17. The Morgan fingerprint density at radius 2 is 1.79 bits per heavy atom. The Morgan fingerprint density at radius 3 is 2.71 bits per heavy atom. The van der Waals surface area contributed by atoms with Gasteiger partial charge in [0.2, 0.25) is 11.8 Å². The number of nitrogens with one attached hydrogen (secondary N) is 2. The van der Waals surface area contributed by atoms with Crippen LogP contribution in [0.1, 0.15) is 17.5 Å². The average molecular weight is 386 g/mol. The van der Waals surface area contributed by atoms with Crippen LogP contribution in [0.4, 0.5) is 11.4 Å². The summed E-state index contributed by atoms with van der Waals surface area (Å²) in [6.07, 6.45) is 1.07. The first-order chi connectivity index (χ1) is 13.7. The van der Waals surface area contributed by atoms with Gasteiger partial charge in [0, 0.05) is 17.0 Å². The summed E-state index contributed by atoms with van der Waals surface area (Å²) in [5.41, 5.74) is 6.57. The number of carbonyl (C=O) groups excluding carboxylic acids is 2. The molecule has 2 aliphatic rings. The van der Waals surface area contributed by atoms with E-state index in [9.17, 15) is 9.59 Å². The van der Waals surface area contributed by atoms with Gasteiger partial charge in [0.05, 0.1) is 10.9 Å². The Bertz CT molecular complexity index is 1110. The van der Waals surface area contributed by atoms with Gasteiger partial charge in [-0.05, 0) is 52.9 Å². The molecule has 3 aromatic rings. The van der Waals surface area contributed by atoms with E-state index in [1.807, 2.05) is 42.5 Å². The molecule has 138 valence electrons. The lowest BCUT2D eigenvalue weighted by molar-refractivity contribution is -0.120. The maximum absolute atomic E-state index is 12.6. The maximum Gasteiger partial charge on any atom is 0.238 e. The largest absolute Gasteiger partial charge is 0.326 e. The standard InChI is InChI=1S/C23H18N2O2S/c26-22(13-21-23(27)25-19-7-3-4-8-20(19)28-21)24-16-10-9-15-11-14-5-1-2-6-17(14)18(15)12-16/h1-10,12,21H,11,13H2,(H,24,26)(H,25,27)/t21-/m0/s1. The van der Waals surface area contributed by atoms with Gasteiger partial charge in [0.25, 0.3) is 0 Å². The summed E-state index contributed by atoms with van der Waals surface area (Å²) in [5.74, 6) is -0.278. The van der Waals surface area contributed by atoms with Crippen LogP contribution in [0, 0.1) is 0 Å². The van der Waals surface area contributed by atoms with Gasteiger partial charge in [-0.2, -0.15) is 0 Å². The van der Waals surface area contributed by atoms with Gasteiger partial charge in [0.1, 0.15) is 0 Å². The highest BCUT2D eigenvalue weighted by atomic mass is 32.2. The lowest BCUT2D eigenvalue weighted by atomic mass is 10.1. The fraction of sp³-hybridized carbons (Fsp3) is 0.130. The van der Waals surface area contributed by atoms with E-state index in [1.165, 1.54) is 34.0 Å². The second-order valence-corrected chi connectivity index (χ2v) is 8.29. The summed E-state index contributed by atoms with van der Waals surface area (Å²) < 4.78 is 0. The molecule has 2 N–H and O–H groups in total. The van der Waals surface area contributed by atoms with Crippen molar-refractivity contribution in [2.75, 3.05) is 10.6 Å². The average Bonchev–Trinajstić information content (AvgIpc) is 3.06. The molecular weight excluding hydrogens is 368 g/mol. The fourth-order valence-corrected chi connectivity index (χ4v) is 4.92. The minimum absolute atomic E-state index is 0.123. The van der Waals surface area contributed by atoms with Crippen LogP contribution < -0.4 is 10.6 Å². The number of benzene rings is 3. The molecular formula is C23H18N2O2S. The van der Waals surface area contributed by atoms with E-state index in [0.717, 1.165) is 22.7 Å². The molecule has 4 nitrogen and oxygen atoms in total. The number of amides is 2. The van der Waals surface area contributed by atoms with E-state index >= 15 is 0 Å². The highest BCUT2D eigenvalue weighted by molar-refractivity contribution is 8.01. The minimum atomic E-state index is -0.426. The van der Waals surface area contributed by atoms with E-state index in [2.05, 4.69) is 34.9 Å². The first-order valence-corrected chi connectivity index (χ1v) is 10.1. The molecule has 0 unspecified atom stereocenters. The van der Waals surface area contributed by atoms with Gasteiger partial charge in [0.15, 0.2) is 0 Å². The zero-order chi connectivity index (χ0) is 19.1. The number of carbonyl (C=O) groups is 2. The molecule has 5 heteroatoms. The third kappa shape index (κ3) is 3.08. The molecule has 0 fully saturated rings. The quantitative estimate of drug-likeness (QED) is 0.537. The van der Waals surface area contributed by atoms with Crippen LogP contribution in [0.2, 0.25) is 0 Å². The van der Waals surface area contributed by atoms with E-state index in [-0.39, 0.29) is 18.2 Å². The molecule has 0 spiro atoms. The number of para-hydroxylation sites is 1. The van der Waals surface area contributed by atoms with Crippen molar-refractivity contribution in [1.82, 2.24) is 0 Å². The van der Waals surface area contributed by atoms with Crippen LogP contribution >= 0.6 is 11.8 Å². The van der Waals surface area contributed by atoms with Crippen LogP contribution in [0.15, 0.2) is 71.6 Å². The highest BCUT2D eigenvalue weighted by Gasteiger charge is 2.29. The van der Waals surface area contributed by atoms with E-state index < -0.39 is 5.25 Å². The monoisotopic (exact) mass is 386 g/mol. The Hall–Kier alpha value is -3.05. The van der Waals surface area contributed by atoms with Crippen LogP contribution in [-0.4, -0.2) is 17.1 Å². The van der Waals surface area contributed by atoms with Crippen molar-refractivity contribution >= 4 is 35.0 Å². The molecule has 1 heterocycles. The topological polar surface area (TPSA) is 58.2 Å². The third-order valence-corrected chi connectivity index (χ3v) is 6.43. The molecule has 0 bridgehead atoms. The molecule has 1 aliphatic carbocycles. The van der Waals surface area contributed by atoms with Crippen LogP contribution in [0.25, 0.3) is 11.1 Å². The fourth-order valence-electron chi connectivity index (χ4n) is 3.81. The summed E-state index contributed by atoms with van der Waals surface area (Å²) in [4.78, 5) is 25.9. The van der Waals surface area contributed by atoms with Gasteiger partial charge in [-0.3, -0.25) is 9.59 Å². The van der Waals surface area contributed by atoms with Crippen LogP contribution in [-0.2, 0) is 16.0 Å². The molecule has 2 amide bonds. The van der Waals surface area contributed by atoms with Crippen LogP contribution in [0.5, 0.6) is 0 Å². The van der Waals surface area contributed by atoms with E-state index in [4.69, 9.17) is 0 Å². The van der Waals surface area contributed by atoms with Crippen molar-refractivity contribution in [1.29, 1.82) is 0 Å². The molecule has 3 aromatic carbocycles. The van der Waals surface area contributed by atoms with Gasteiger partial charge in [-0.15, -0.1) is 11.8 Å². The van der Waals surface area contributed by atoms with E-state index in [0.29, 0.717) is 0 Å². The summed E-state index contributed by atoms with van der Waals surface area (Å²) >= 11 is 1.44. The van der Waals surface area contributed by atoms with Gasteiger partial charge >= 0.3 is 0 Å². The first-order valence-electron chi connectivity index (χ1n) is 9.25. The molecule has 0 radical (unpaired) electrons. The minimum Gasteiger partial charge on any atom is -0.326 e. The number of hydrogen-bond acceptors (Lipinski definition) is 3. The lowest BCUT2D eigenvalue weighted by Crippen LogP contribution is -2.32. The number of thioether (sulfide) groups is 1. The molecule has 5 rings (SSSR count). The molecule has 1 atom stereocenters. The second kappa shape index (κ2) is 6.84. The maximum atomic E-state index is 12.6. The van der Waals surface area contributed by atoms with Crippen molar-refractivity contribution in [3.8, 4) is 11.1 Å². The lowest BCUT2D eigenvalue weighted by Gasteiger charge is -2.23. The van der Waals surface area contributed by atoms with Gasteiger partial charge in [-0.25, -0.2) is 0 Å². The zero-order valence-electron chi connectivity index (χ0n) is 15.1. The van der Waals surface area contributed by atoms with Crippen molar-refractivity contribution in [2.45, 2.75) is 23.0 Å². The van der Waals surface area contributed by atoms with Gasteiger partial charge < -0.3 is 10.6 Å². The van der Waals surface area contributed by atoms with Crippen molar-refractivity contribution in [2.24, 2.45) is 0 Å². The smallest absolute Gasteiger partial charge is 0.238 e. The van der Waals surface area contributed by atoms with Crippen molar-refractivity contribution < 1.29 is 9.59 Å². The van der Waals surface area contributed by atoms with E-state index in [1.54, 1.807) is 0 Å². The molecule has 0 saturated carbocycles. The SMILES string of the molecule is O=C(C[C@@H]1Sc2ccccc2NC1=O)Nc1ccc2c(c1)-c1ccccc1C2. The Labute approximate surface area is 167 Å². The normalized spacial score (nSPS) is 16.6. The molecule has 1 aliphatic heterocycles. The van der Waals surface area contributed by atoms with Crippen LogP contribution in [0.3, 0.4) is 0 Å². The number of anilines is 2. The molecule has 0 saturated heterocycles. The summed E-state index contributed by atoms with van der Waals surface area (Å²) in [6, 6.07) is 22.0. The first kappa shape index (κ1) is 17.1.